The lowest BCUT2D eigenvalue weighted by Gasteiger charge is -2.28. The Morgan fingerprint density at radius 3 is 2.93 bits per heavy atom. The van der Waals surface area contributed by atoms with Gasteiger partial charge in [-0.05, 0) is 26.2 Å². The molecule has 4 atom stereocenters. The molecule has 0 unspecified atom stereocenters. The van der Waals surface area contributed by atoms with Gasteiger partial charge in [0.05, 0.1) is 18.1 Å². The second kappa shape index (κ2) is 4.52. The van der Waals surface area contributed by atoms with Gasteiger partial charge in [-0.3, -0.25) is 4.79 Å². The highest BCUT2D eigenvalue weighted by Gasteiger charge is 2.38. The molecule has 0 aromatic carbocycles. The summed E-state index contributed by atoms with van der Waals surface area (Å²) in [6.45, 7) is 4.04. The van der Waals surface area contributed by atoms with E-state index in [1.54, 1.807) is 0 Å². The van der Waals surface area contributed by atoms with Gasteiger partial charge < -0.3 is 9.47 Å². The molecule has 2 fully saturated rings. The predicted molar refractivity (Wildman–Crippen MR) is 56.5 cm³/mol. The molecule has 2 rings (SSSR count). The van der Waals surface area contributed by atoms with Gasteiger partial charge in [-0.1, -0.05) is 13.3 Å². The first kappa shape index (κ1) is 10.9. The maximum atomic E-state index is 11.7. The minimum atomic E-state index is -0.0883. The Balaban J connectivity index is 2.05. The molecule has 0 saturated carbocycles. The molecule has 2 heterocycles. The van der Waals surface area contributed by atoms with Gasteiger partial charge in [-0.15, -0.1) is 0 Å². The zero-order valence-electron chi connectivity index (χ0n) is 9.57. The van der Waals surface area contributed by atoms with E-state index in [-0.39, 0.29) is 24.1 Å². The Morgan fingerprint density at radius 2 is 2.20 bits per heavy atom. The van der Waals surface area contributed by atoms with Crippen molar-refractivity contribution < 1.29 is 14.3 Å². The summed E-state index contributed by atoms with van der Waals surface area (Å²) >= 11 is 0. The largest absolute Gasteiger partial charge is 0.462 e. The first-order chi connectivity index (χ1) is 7.20. The first-order valence-electron chi connectivity index (χ1n) is 6.06. The molecule has 0 N–H and O–H groups in total. The van der Waals surface area contributed by atoms with Gasteiger partial charge >= 0.3 is 5.97 Å². The van der Waals surface area contributed by atoms with Crippen LogP contribution >= 0.6 is 0 Å². The van der Waals surface area contributed by atoms with Crippen LogP contribution in [-0.2, 0) is 14.3 Å². The molecule has 0 aliphatic carbocycles. The number of esters is 1. The van der Waals surface area contributed by atoms with Crippen molar-refractivity contribution in [3.8, 4) is 0 Å². The third kappa shape index (κ3) is 2.33. The van der Waals surface area contributed by atoms with E-state index in [2.05, 4.69) is 6.92 Å². The topological polar surface area (TPSA) is 35.5 Å². The van der Waals surface area contributed by atoms with Gasteiger partial charge in [-0.25, -0.2) is 0 Å². The maximum absolute atomic E-state index is 11.7. The lowest BCUT2D eigenvalue weighted by Crippen LogP contribution is -2.35. The average Bonchev–Trinajstić information content (AvgIpc) is 2.65. The van der Waals surface area contributed by atoms with Crippen molar-refractivity contribution in [2.24, 2.45) is 5.92 Å². The number of hydrogen-bond donors (Lipinski definition) is 0. The van der Waals surface area contributed by atoms with Crippen molar-refractivity contribution in [3.63, 3.8) is 0 Å². The van der Waals surface area contributed by atoms with Crippen molar-refractivity contribution in [1.29, 1.82) is 0 Å². The predicted octanol–water partition coefficient (Wildman–Crippen LogP) is 2.29. The van der Waals surface area contributed by atoms with Crippen molar-refractivity contribution in [3.05, 3.63) is 0 Å². The minimum absolute atomic E-state index is 0.0706. The highest BCUT2D eigenvalue weighted by molar-refractivity contribution is 5.73. The van der Waals surface area contributed by atoms with Crippen molar-refractivity contribution in [2.45, 2.75) is 64.3 Å². The van der Waals surface area contributed by atoms with E-state index >= 15 is 0 Å². The second-order valence-electron chi connectivity index (χ2n) is 4.75. The van der Waals surface area contributed by atoms with Crippen molar-refractivity contribution in [2.75, 3.05) is 0 Å². The lowest BCUT2D eigenvalue weighted by molar-refractivity contribution is -0.166. The van der Waals surface area contributed by atoms with Crippen LogP contribution in [0.2, 0.25) is 0 Å². The Bertz CT molecular complexity index is 239. The van der Waals surface area contributed by atoms with Crippen LogP contribution in [0.5, 0.6) is 0 Å². The highest BCUT2D eigenvalue weighted by Crippen LogP contribution is 2.32. The molecule has 3 nitrogen and oxygen atoms in total. The number of rotatable bonds is 2. The van der Waals surface area contributed by atoms with Crippen LogP contribution in [0.15, 0.2) is 0 Å². The van der Waals surface area contributed by atoms with E-state index in [4.69, 9.17) is 9.47 Å². The number of carbonyl (C=O) groups is 1. The van der Waals surface area contributed by atoms with E-state index < -0.39 is 0 Å². The summed E-state index contributed by atoms with van der Waals surface area (Å²) in [6.07, 6.45) is 5.51. The zero-order chi connectivity index (χ0) is 10.8. The van der Waals surface area contributed by atoms with E-state index in [0.29, 0.717) is 6.10 Å². The van der Waals surface area contributed by atoms with Gasteiger partial charge in [-0.2, -0.15) is 0 Å². The van der Waals surface area contributed by atoms with Crippen LogP contribution in [0.3, 0.4) is 0 Å². The third-order valence-corrected chi connectivity index (χ3v) is 3.49. The molecule has 0 aromatic rings. The van der Waals surface area contributed by atoms with Crippen LogP contribution in [0.25, 0.3) is 0 Å². The number of cyclic esters (lactones) is 1. The van der Waals surface area contributed by atoms with E-state index in [9.17, 15) is 4.79 Å². The molecule has 2 aliphatic rings. The van der Waals surface area contributed by atoms with Crippen LogP contribution in [-0.4, -0.2) is 24.3 Å². The number of hydrogen-bond acceptors (Lipinski definition) is 3. The molecule has 0 spiro atoms. The molecule has 3 heteroatoms. The number of fused-ring (bicyclic) bond motifs is 2. The molecule has 86 valence electrons. The molecule has 0 aromatic heterocycles. The third-order valence-electron chi connectivity index (χ3n) is 3.49. The van der Waals surface area contributed by atoms with E-state index in [1.807, 2.05) is 6.92 Å². The zero-order valence-corrected chi connectivity index (χ0v) is 9.57. The Labute approximate surface area is 91.1 Å². The van der Waals surface area contributed by atoms with Gasteiger partial charge in [0.15, 0.2) is 0 Å². The van der Waals surface area contributed by atoms with Crippen LogP contribution in [0.1, 0.15) is 46.0 Å². The summed E-state index contributed by atoms with van der Waals surface area (Å²) in [4.78, 5) is 11.7. The summed E-state index contributed by atoms with van der Waals surface area (Å²) < 4.78 is 11.4. The monoisotopic (exact) mass is 212 g/mol. The quantitative estimate of drug-likeness (QED) is 0.659. The molecule has 0 amide bonds. The maximum Gasteiger partial charge on any atom is 0.311 e. The molecule has 2 bridgehead atoms. The highest BCUT2D eigenvalue weighted by atomic mass is 16.6. The molecule has 0 radical (unpaired) electrons. The lowest BCUT2D eigenvalue weighted by atomic mass is 10.0. The average molecular weight is 212 g/mol. The van der Waals surface area contributed by atoms with Crippen LogP contribution in [0.4, 0.5) is 0 Å². The smallest absolute Gasteiger partial charge is 0.311 e. The molecular weight excluding hydrogens is 192 g/mol. The number of carbonyl (C=O) groups excluding carboxylic acids is 1. The van der Waals surface area contributed by atoms with Crippen LogP contribution < -0.4 is 0 Å². The Morgan fingerprint density at radius 1 is 1.40 bits per heavy atom. The van der Waals surface area contributed by atoms with Gasteiger partial charge in [0.25, 0.3) is 0 Å². The van der Waals surface area contributed by atoms with Gasteiger partial charge in [0.2, 0.25) is 0 Å². The van der Waals surface area contributed by atoms with E-state index in [1.165, 1.54) is 0 Å². The summed E-state index contributed by atoms with van der Waals surface area (Å²) in [5.41, 5.74) is 0. The van der Waals surface area contributed by atoms with Gasteiger partial charge in [0.1, 0.15) is 6.10 Å². The molecular formula is C12H20O3. The number of ether oxygens (including phenoxy) is 2. The van der Waals surface area contributed by atoms with Crippen LogP contribution in [0, 0.1) is 5.92 Å². The van der Waals surface area contributed by atoms with E-state index in [0.717, 1.165) is 32.1 Å². The normalized spacial score (nSPS) is 40.8. The summed E-state index contributed by atoms with van der Waals surface area (Å²) in [5, 5.41) is 0. The first-order valence-corrected chi connectivity index (χ1v) is 6.06. The summed E-state index contributed by atoms with van der Waals surface area (Å²) in [6, 6.07) is 0. The Kier molecular flexibility index (Phi) is 3.29. The SMILES string of the molecule is CCC[C@H]1C[C@H]2CC[C@H](O2)[C@@H](C)C(=O)O1. The van der Waals surface area contributed by atoms with Crippen molar-refractivity contribution >= 4 is 5.97 Å². The Hall–Kier alpha value is -0.570. The van der Waals surface area contributed by atoms with Gasteiger partial charge in [0, 0.05) is 6.42 Å². The summed E-state index contributed by atoms with van der Waals surface area (Å²) in [5.74, 6) is -0.159. The summed E-state index contributed by atoms with van der Waals surface area (Å²) in [7, 11) is 0. The van der Waals surface area contributed by atoms with Crippen molar-refractivity contribution in [1.82, 2.24) is 0 Å². The fourth-order valence-corrected chi connectivity index (χ4v) is 2.54. The molecule has 2 saturated heterocycles. The molecule has 15 heavy (non-hydrogen) atoms. The minimum Gasteiger partial charge on any atom is -0.462 e. The second-order valence-corrected chi connectivity index (χ2v) is 4.75. The fraction of sp³-hybridized carbons (Fsp3) is 0.917. The molecule has 2 aliphatic heterocycles. The standard InChI is InChI=1S/C12H20O3/c1-3-4-9-7-10-5-6-11(14-10)8(2)12(13)15-9/h8-11H,3-7H2,1-2H3/t8-,9+,10-,11+/m1/s1. The fourth-order valence-electron chi connectivity index (χ4n) is 2.54.